The van der Waals surface area contributed by atoms with Gasteiger partial charge in [0, 0.05) is 44.4 Å². The topological polar surface area (TPSA) is 24.9 Å². The van der Waals surface area contributed by atoms with E-state index in [1.165, 1.54) is 77.2 Å². The van der Waals surface area contributed by atoms with Crippen molar-refractivity contribution in [3.63, 3.8) is 0 Å². The fourth-order valence-electron chi connectivity index (χ4n) is 17.1. The number of benzene rings is 13. The summed E-state index contributed by atoms with van der Waals surface area (Å²) in [5, 5.41) is 4.83. The summed E-state index contributed by atoms with van der Waals surface area (Å²) < 4.78 is 12.4. The molecule has 16 rings (SSSR count). The molecule has 0 bridgehead atoms. The van der Waals surface area contributed by atoms with Crippen LogP contribution in [0.5, 0.6) is 11.5 Å². The van der Waals surface area contributed by atoms with E-state index in [0.29, 0.717) is 19.1 Å². The van der Waals surface area contributed by atoms with E-state index in [0.717, 1.165) is 139 Å². The minimum Gasteiger partial charge on any atom is -0.494 e. The first-order valence-corrected chi connectivity index (χ1v) is 37.3. The molecule has 0 saturated heterocycles. The second-order valence-electron chi connectivity index (χ2n) is 28.3. The maximum atomic E-state index is 6.21. The van der Waals surface area contributed by atoms with E-state index < -0.39 is 0 Å². The SMILES string of the molecule is C=Cc1ccc(OCCCCCCC2(c3ccccc3)C3=C(CC(C)C=C3)c3ccc(N(c4ccc(-c5ccc(N(c6ccc7c(c6)C(CCCCCCOc6ccc(C=C)cc6)(c6ccccc6)c6ccccc6-7)c6cccc7ccccc67)cc5)cc4)c4cccc5ccccc45)cc32)cc1. The summed E-state index contributed by atoms with van der Waals surface area (Å²) in [5.41, 5.74) is 24.4. The number of allylic oxidation sites excluding steroid dienone is 4. The number of hydrogen-bond acceptors (Lipinski definition) is 4. The lowest BCUT2D eigenvalue weighted by atomic mass is 9.67. The lowest BCUT2D eigenvalue weighted by Gasteiger charge is -2.36. The smallest absolute Gasteiger partial charge is 0.119 e. The van der Waals surface area contributed by atoms with Crippen molar-refractivity contribution in [3.05, 3.63) is 379 Å². The van der Waals surface area contributed by atoms with Crippen molar-refractivity contribution in [1.29, 1.82) is 0 Å². The van der Waals surface area contributed by atoms with Crippen molar-refractivity contribution in [1.82, 2.24) is 0 Å². The molecule has 4 nitrogen and oxygen atoms in total. The zero-order valence-electron chi connectivity index (χ0n) is 59.1. The van der Waals surface area contributed by atoms with Crippen LogP contribution in [0.3, 0.4) is 0 Å². The summed E-state index contributed by atoms with van der Waals surface area (Å²) in [7, 11) is 0. The Morgan fingerprint density at radius 2 is 0.806 bits per heavy atom. The third-order valence-electron chi connectivity index (χ3n) is 22.1. The van der Waals surface area contributed by atoms with Crippen LogP contribution in [0, 0.1) is 5.92 Å². The molecule has 13 aromatic rings. The third-order valence-corrected chi connectivity index (χ3v) is 22.1. The van der Waals surface area contributed by atoms with E-state index in [1.54, 1.807) is 0 Å². The second kappa shape index (κ2) is 29.6. The highest BCUT2D eigenvalue weighted by molar-refractivity contribution is 6.01. The molecule has 0 heterocycles. The lowest BCUT2D eigenvalue weighted by molar-refractivity contribution is 0.303. The number of ether oxygens (including phenoxy) is 2. The average molecular weight is 1340 g/mol. The number of hydrogen-bond donors (Lipinski definition) is 0. The molecule has 13 aromatic carbocycles. The molecule has 0 N–H and O–H groups in total. The quantitative estimate of drug-likeness (QED) is 0.0479. The molecule has 3 aliphatic carbocycles. The summed E-state index contributed by atoms with van der Waals surface area (Å²) in [6.45, 7) is 11.6. The van der Waals surface area contributed by atoms with Gasteiger partial charge in [0.15, 0.2) is 0 Å². The molecule has 0 radical (unpaired) electrons. The van der Waals surface area contributed by atoms with Crippen molar-refractivity contribution < 1.29 is 9.47 Å². The van der Waals surface area contributed by atoms with E-state index >= 15 is 0 Å². The molecule has 4 heteroatoms. The van der Waals surface area contributed by atoms with Gasteiger partial charge in [-0.15, -0.1) is 0 Å². The number of fused-ring (bicyclic) bond motifs is 7. The van der Waals surface area contributed by atoms with Gasteiger partial charge in [0.2, 0.25) is 0 Å². The van der Waals surface area contributed by atoms with E-state index in [-0.39, 0.29) is 10.8 Å². The summed E-state index contributed by atoms with van der Waals surface area (Å²) in [6.07, 6.45) is 20.3. The lowest BCUT2D eigenvalue weighted by Crippen LogP contribution is -2.28. The van der Waals surface area contributed by atoms with Gasteiger partial charge >= 0.3 is 0 Å². The predicted molar refractivity (Wildman–Crippen MR) is 435 cm³/mol. The number of anilines is 6. The van der Waals surface area contributed by atoms with Gasteiger partial charge in [-0.25, -0.2) is 0 Å². The van der Waals surface area contributed by atoms with Gasteiger partial charge in [0.1, 0.15) is 11.5 Å². The van der Waals surface area contributed by atoms with Crippen LogP contribution >= 0.6 is 0 Å². The van der Waals surface area contributed by atoms with Crippen LogP contribution in [0.1, 0.15) is 122 Å². The third kappa shape index (κ3) is 12.9. The highest BCUT2D eigenvalue weighted by Crippen LogP contribution is 2.60. The molecular weight excluding hydrogens is 1250 g/mol. The molecule has 0 amide bonds. The van der Waals surface area contributed by atoms with Crippen molar-refractivity contribution in [3.8, 4) is 33.8 Å². The Bertz CT molecular complexity index is 5240. The van der Waals surface area contributed by atoms with Crippen molar-refractivity contribution in [2.75, 3.05) is 23.0 Å². The zero-order valence-corrected chi connectivity index (χ0v) is 59.1. The van der Waals surface area contributed by atoms with E-state index in [4.69, 9.17) is 9.47 Å². The molecular formula is C99H88N2O2. The summed E-state index contributed by atoms with van der Waals surface area (Å²) in [6, 6.07) is 113. The van der Waals surface area contributed by atoms with E-state index in [2.05, 4.69) is 321 Å². The Morgan fingerprint density at radius 3 is 1.34 bits per heavy atom. The second-order valence-corrected chi connectivity index (χ2v) is 28.3. The minimum absolute atomic E-state index is 0.317. The fraction of sp³-hybridized carbons (Fsp3) is 0.172. The van der Waals surface area contributed by atoms with Crippen LogP contribution < -0.4 is 19.3 Å². The minimum atomic E-state index is -0.353. The number of nitrogens with zero attached hydrogens (tertiary/aromatic N) is 2. The van der Waals surface area contributed by atoms with Gasteiger partial charge in [0.25, 0.3) is 0 Å². The highest BCUT2D eigenvalue weighted by atomic mass is 16.5. The highest BCUT2D eigenvalue weighted by Gasteiger charge is 2.47. The number of rotatable bonds is 27. The molecule has 506 valence electrons. The molecule has 0 saturated carbocycles. The Balaban J connectivity index is 0.725. The molecule has 3 aliphatic rings. The molecule has 103 heavy (non-hydrogen) atoms. The Kier molecular flexibility index (Phi) is 19.0. The Morgan fingerprint density at radius 1 is 0.379 bits per heavy atom. The molecule has 3 atom stereocenters. The fourth-order valence-corrected chi connectivity index (χ4v) is 17.1. The van der Waals surface area contributed by atoms with Gasteiger partial charge in [-0.3, -0.25) is 0 Å². The summed E-state index contributed by atoms with van der Waals surface area (Å²) in [5.74, 6) is 2.28. The monoisotopic (exact) mass is 1340 g/mol. The molecule has 0 spiro atoms. The first-order valence-electron chi connectivity index (χ1n) is 37.3. The van der Waals surface area contributed by atoms with Gasteiger partial charge in [-0.05, 0) is 212 Å². The van der Waals surface area contributed by atoms with Crippen LogP contribution in [0.15, 0.2) is 334 Å². The normalized spacial score (nSPS) is 16.2. The first-order chi connectivity index (χ1) is 50.9. The van der Waals surface area contributed by atoms with E-state index in [1.807, 2.05) is 36.4 Å². The van der Waals surface area contributed by atoms with Crippen LogP contribution in [0.25, 0.3) is 61.5 Å². The van der Waals surface area contributed by atoms with E-state index in [9.17, 15) is 0 Å². The maximum Gasteiger partial charge on any atom is 0.119 e. The van der Waals surface area contributed by atoms with Crippen LogP contribution in [0.2, 0.25) is 0 Å². The summed E-state index contributed by atoms with van der Waals surface area (Å²) in [4.78, 5) is 5.01. The van der Waals surface area contributed by atoms with Crippen LogP contribution in [-0.2, 0) is 10.8 Å². The first kappa shape index (κ1) is 66.1. The van der Waals surface area contributed by atoms with Crippen molar-refractivity contribution in [2.24, 2.45) is 5.92 Å². The van der Waals surface area contributed by atoms with Crippen molar-refractivity contribution in [2.45, 2.75) is 88.4 Å². The largest absolute Gasteiger partial charge is 0.494 e. The average Bonchev–Trinajstić information content (AvgIpc) is 1.56. The molecule has 3 unspecified atom stereocenters. The predicted octanol–water partition coefficient (Wildman–Crippen LogP) is 26.9. The van der Waals surface area contributed by atoms with Gasteiger partial charge in [0.05, 0.1) is 24.6 Å². The van der Waals surface area contributed by atoms with Gasteiger partial charge in [-0.2, -0.15) is 0 Å². The van der Waals surface area contributed by atoms with Gasteiger partial charge < -0.3 is 19.3 Å². The molecule has 0 aromatic heterocycles. The van der Waals surface area contributed by atoms with Crippen molar-refractivity contribution >= 4 is 73.4 Å². The van der Waals surface area contributed by atoms with Crippen LogP contribution in [-0.4, -0.2) is 13.2 Å². The standard InChI is InChI=1S/C99H88N2O2/c1-4-72-43-57-84(58-44-72)102-66-24-8-6-22-64-98(78-32-12-10-13-33-78)92-39-21-20-38-88(92)89-61-55-82(69-94(89)98)100(96-40-26-30-76-28-16-18-36-86(76)96)80-51-47-74(48-52-80)75-49-53-81(54-50-75)101(97-41-27-31-77-29-17-19-37-87(77)97)83-56-62-90-91-68-71(3)42-63-93(91)99(95(90)70-83,79-34-14-11-15-35-79)65-23-7-9-25-67-103-85-59-45-73(5-2)46-60-85/h4-5,10-21,26-63,69-71H,1-2,6-9,22-25,64-68H2,3H3. The molecule has 0 aliphatic heterocycles. The Labute approximate surface area is 608 Å². The van der Waals surface area contributed by atoms with Crippen LogP contribution in [0.4, 0.5) is 34.1 Å². The Hall–Kier alpha value is -11.5. The zero-order chi connectivity index (χ0) is 69.5. The van der Waals surface area contributed by atoms with Gasteiger partial charge in [-0.1, -0.05) is 301 Å². The summed E-state index contributed by atoms with van der Waals surface area (Å²) >= 11 is 0. The maximum absolute atomic E-state index is 6.21. The molecule has 0 fully saturated rings. The number of unbranched alkanes of at least 4 members (excludes halogenated alkanes) is 6.